The Balaban J connectivity index is 3.01. The molecule has 1 rings (SSSR count). The van der Waals surface area contributed by atoms with Gasteiger partial charge in [-0.1, -0.05) is 25.4 Å². The van der Waals surface area contributed by atoms with Gasteiger partial charge in [-0.15, -0.1) is 0 Å². The smallest absolute Gasteiger partial charge is 0.0410 e. The highest BCUT2D eigenvalue weighted by Gasteiger charge is 2.12. The minimum atomic E-state index is 0.211. The molecule has 0 bridgehead atoms. The van der Waals surface area contributed by atoms with Crippen LogP contribution in [0.25, 0.3) is 0 Å². The van der Waals surface area contributed by atoms with Gasteiger partial charge in [-0.3, -0.25) is 0 Å². The Morgan fingerprint density at radius 2 is 2.00 bits per heavy atom. The quantitative estimate of drug-likeness (QED) is 0.814. The van der Waals surface area contributed by atoms with Gasteiger partial charge in [0.2, 0.25) is 0 Å². The SMILES string of the molecule is CCCN(CC)c1ccc(Cl)cc1CC(N)CC. The van der Waals surface area contributed by atoms with Gasteiger partial charge < -0.3 is 10.6 Å². The monoisotopic (exact) mass is 268 g/mol. The Bertz CT molecular complexity index is 366. The summed E-state index contributed by atoms with van der Waals surface area (Å²) in [5, 5.41) is 0.796. The number of rotatable bonds is 7. The van der Waals surface area contributed by atoms with Crippen molar-refractivity contribution >= 4 is 17.3 Å². The lowest BCUT2D eigenvalue weighted by Gasteiger charge is -2.26. The molecule has 0 spiro atoms. The third kappa shape index (κ3) is 4.18. The van der Waals surface area contributed by atoms with Crippen molar-refractivity contribution in [1.82, 2.24) is 0 Å². The minimum absolute atomic E-state index is 0.211. The van der Waals surface area contributed by atoms with Crippen molar-refractivity contribution in [1.29, 1.82) is 0 Å². The minimum Gasteiger partial charge on any atom is -0.372 e. The molecule has 0 fully saturated rings. The van der Waals surface area contributed by atoms with Crippen LogP contribution in [0.5, 0.6) is 0 Å². The van der Waals surface area contributed by atoms with Gasteiger partial charge in [-0.25, -0.2) is 0 Å². The third-order valence-electron chi connectivity index (χ3n) is 3.26. The Labute approximate surface area is 116 Å². The highest BCUT2D eigenvalue weighted by atomic mass is 35.5. The first-order valence-corrected chi connectivity index (χ1v) is 7.29. The maximum Gasteiger partial charge on any atom is 0.0410 e. The van der Waals surface area contributed by atoms with Gasteiger partial charge in [0.25, 0.3) is 0 Å². The van der Waals surface area contributed by atoms with E-state index in [1.165, 1.54) is 11.3 Å². The lowest BCUT2D eigenvalue weighted by molar-refractivity contribution is 0.644. The van der Waals surface area contributed by atoms with Crippen LogP contribution in [0.3, 0.4) is 0 Å². The molecular formula is C15H25ClN2. The summed E-state index contributed by atoms with van der Waals surface area (Å²) < 4.78 is 0. The summed E-state index contributed by atoms with van der Waals surface area (Å²) in [6, 6.07) is 6.36. The number of nitrogens with two attached hydrogens (primary N) is 1. The van der Waals surface area contributed by atoms with E-state index in [1.807, 2.05) is 6.07 Å². The van der Waals surface area contributed by atoms with E-state index in [9.17, 15) is 0 Å². The fraction of sp³-hybridized carbons (Fsp3) is 0.600. The number of benzene rings is 1. The van der Waals surface area contributed by atoms with Gasteiger partial charge in [0.1, 0.15) is 0 Å². The van der Waals surface area contributed by atoms with Crippen LogP contribution in [-0.2, 0) is 6.42 Å². The third-order valence-corrected chi connectivity index (χ3v) is 3.50. The van der Waals surface area contributed by atoms with Crippen molar-refractivity contribution in [2.45, 2.75) is 46.1 Å². The number of hydrogen-bond donors (Lipinski definition) is 1. The Kier molecular flexibility index (Phi) is 6.51. The molecule has 1 aromatic rings. The summed E-state index contributed by atoms with van der Waals surface area (Å²) in [5.41, 5.74) is 8.63. The van der Waals surface area contributed by atoms with E-state index >= 15 is 0 Å². The maximum atomic E-state index is 6.11. The molecule has 0 heterocycles. The van der Waals surface area contributed by atoms with E-state index in [2.05, 4.69) is 37.8 Å². The van der Waals surface area contributed by atoms with Crippen LogP contribution < -0.4 is 10.6 Å². The van der Waals surface area contributed by atoms with E-state index in [1.54, 1.807) is 0 Å². The molecule has 18 heavy (non-hydrogen) atoms. The zero-order valence-corrected chi connectivity index (χ0v) is 12.5. The van der Waals surface area contributed by atoms with Gasteiger partial charge in [0.05, 0.1) is 0 Å². The second-order valence-corrected chi connectivity index (χ2v) is 5.16. The lowest BCUT2D eigenvalue weighted by atomic mass is 10.0. The number of hydrogen-bond acceptors (Lipinski definition) is 2. The van der Waals surface area contributed by atoms with Crippen molar-refractivity contribution in [2.75, 3.05) is 18.0 Å². The summed E-state index contributed by atoms with van der Waals surface area (Å²) in [6.45, 7) is 8.61. The van der Waals surface area contributed by atoms with Gasteiger partial charge in [-0.2, -0.15) is 0 Å². The first-order chi connectivity index (χ1) is 8.62. The Morgan fingerprint density at radius 3 is 2.56 bits per heavy atom. The summed E-state index contributed by atoms with van der Waals surface area (Å²) in [4.78, 5) is 2.40. The normalized spacial score (nSPS) is 12.5. The number of halogens is 1. The highest BCUT2D eigenvalue weighted by molar-refractivity contribution is 6.30. The van der Waals surface area contributed by atoms with Crippen LogP contribution in [0, 0.1) is 0 Å². The van der Waals surface area contributed by atoms with E-state index in [4.69, 9.17) is 17.3 Å². The molecule has 0 aliphatic rings. The molecule has 102 valence electrons. The van der Waals surface area contributed by atoms with Crippen molar-refractivity contribution in [3.05, 3.63) is 28.8 Å². The van der Waals surface area contributed by atoms with E-state index in [-0.39, 0.29) is 6.04 Å². The van der Waals surface area contributed by atoms with Gasteiger partial charge >= 0.3 is 0 Å². The average Bonchev–Trinajstić information content (AvgIpc) is 2.36. The molecule has 0 amide bonds. The zero-order valence-electron chi connectivity index (χ0n) is 11.7. The standard InChI is InChI=1S/C15H25ClN2/c1-4-9-18(6-3)15-8-7-13(16)10-12(15)11-14(17)5-2/h7-8,10,14H,4-6,9,11,17H2,1-3H3. The second-order valence-electron chi connectivity index (χ2n) is 4.73. The zero-order chi connectivity index (χ0) is 13.5. The molecule has 1 atom stereocenters. The molecule has 2 nitrogen and oxygen atoms in total. The molecule has 0 aliphatic heterocycles. The number of nitrogens with zero attached hydrogens (tertiary/aromatic N) is 1. The van der Waals surface area contributed by atoms with Crippen molar-refractivity contribution in [3.63, 3.8) is 0 Å². The molecule has 0 aliphatic carbocycles. The first kappa shape index (κ1) is 15.3. The molecule has 3 heteroatoms. The van der Waals surface area contributed by atoms with Gasteiger partial charge in [-0.05, 0) is 49.9 Å². The van der Waals surface area contributed by atoms with E-state index in [0.29, 0.717) is 0 Å². The fourth-order valence-corrected chi connectivity index (χ4v) is 2.37. The van der Waals surface area contributed by atoms with Crippen LogP contribution in [-0.4, -0.2) is 19.1 Å². The fourth-order valence-electron chi connectivity index (χ4n) is 2.17. The molecule has 1 aromatic carbocycles. The van der Waals surface area contributed by atoms with Crippen LogP contribution in [0.1, 0.15) is 39.2 Å². The van der Waals surface area contributed by atoms with Crippen molar-refractivity contribution in [3.8, 4) is 0 Å². The molecule has 1 unspecified atom stereocenters. The highest BCUT2D eigenvalue weighted by Crippen LogP contribution is 2.26. The van der Waals surface area contributed by atoms with Crippen molar-refractivity contribution in [2.24, 2.45) is 5.73 Å². The van der Waals surface area contributed by atoms with Crippen molar-refractivity contribution < 1.29 is 0 Å². The van der Waals surface area contributed by atoms with E-state index in [0.717, 1.165) is 37.4 Å². The molecular weight excluding hydrogens is 244 g/mol. The van der Waals surface area contributed by atoms with Crippen LogP contribution in [0.2, 0.25) is 5.02 Å². The van der Waals surface area contributed by atoms with Crippen LogP contribution in [0.15, 0.2) is 18.2 Å². The topological polar surface area (TPSA) is 29.3 Å². The Morgan fingerprint density at radius 1 is 1.28 bits per heavy atom. The van der Waals surface area contributed by atoms with Crippen LogP contribution in [0.4, 0.5) is 5.69 Å². The molecule has 2 N–H and O–H groups in total. The number of anilines is 1. The second kappa shape index (κ2) is 7.65. The summed E-state index contributed by atoms with van der Waals surface area (Å²) in [7, 11) is 0. The first-order valence-electron chi connectivity index (χ1n) is 6.91. The Hall–Kier alpha value is -0.730. The molecule has 0 radical (unpaired) electrons. The molecule has 0 aromatic heterocycles. The summed E-state index contributed by atoms with van der Waals surface area (Å²) in [6.07, 6.45) is 3.04. The predicted octanol–water partition coefficient (Wildman–Crippen LogP) is 3.86. The van der Waals surface area contributed by atoms with Gasteiger partial charge in [0, 0.05) is 29.8 Å². The average molecular weight is 269 g/mol. The van der Waals surface area contributed by atoms with E-state index < -0.39 is 0 Å². The lowest BCUT2D eigenvalue weighted by Crippen LogP contribution is -2.27. The molecule has 0 saturated heterocycles. The van der Waals surface area contributed by atoms with Gasteiger partial charge in [0.15, 0.2) is 0 Å². The largest absolute Gasteiger partial charge is 0.372 e. The van der Waals surface area contributed by atoms with Crippen LogP contribution >= 0.6 is 11.6 Å². The molecule has 0 saturated carbocycles. The summed E-state index contributed by atoms with van der Waals surface area (Å²) in [5.74, 6) is 0. The maximum absolute atomic E-state index is 6.11. The predicted molar refractivity (Wildman–Crippen MR) is 81.6 cm³/mol. The summed E-state index contributed by atoms with van der Waals surface area (Å²) >= 11 is 6.11.